The number of sulfone groups is 1. The summed E-state index contributed by atoms with van der Waals surface area (Å²) < 4.78 is 86.4. The maximum atomic E-state index is 14.9. The fourth-order valence-electron chi connectivity index (χ4n) is 17.3. The van der Waals surface area contributed by atoms with Gasteiger partial charge < -0.3 is 48.4 Å². The van der Waals surface area contributed by atoms with E-state index in [1.54, 1.807) is 124 Å². The van der Waals surface area contributed by atoms with E-state index in [2.05, 4.69) is 138 Å². The summed E-state index contributed by atoms with van der Waals surface area (Å²) in [5, 5.41) is 35.5. The molecule has 0 radical (unpaired) electrons. The van der Waals surface area contributed by atoms with Crippen LogP contribution in [-0.2, 0) is 73.0 Å². The van der Waals surface area contributed by atoms with Crippen LogP contribution in [0.3, 0.4) is 0 Å². The van der Waals surface area contributed by atoms with Crippen molar-refractivity contribution in [2.24, 2.45) is 10.2 Å². The molecule has 12 aromatic rings. The Kier molecular flexibility index (Phi) is 33.0. The number of anilines is 4. The maximum absolute atomic E-state index is 14.9. The molecule has 27 nitrogen and oxygen atoms in total. The van der Waals surface area contributed by atoms with E-state index >= 15 is 0 Å². The number of nitrogens with one attached hydrogen (secondary N) is 2. The summed E-state index contributed by atoms with van der Waals surface area (Å²) >= 11 is 7.66. The predicted octanol–water partition coefficient (Wildman–Crippen LogP) is 23.7. The van der Waals surface area contributed by atoms with Gasteiger partial charge in [0.05, 0.1) is 41.8 Å². The molecule has 2 aromatic heterocycles. The summed E-state index contributed by atoms with van der Waals surface area (Å²) in [5.41, 5.74) is 13.8. The molecule has 0 saturated heterocycles. The minimum atomic E-state index is -3.96. The molecule has 0 spiro atoms. The molecule has 3 aliphatic rings. The lowest BCUT2D eigenvalue weighted by molar-refractivity contribution is -0.149. The molecular weight excluding hydrogens is 1880 g/mol. The first-order chi connectivity index (χ1) is 68.5. The van der Waals surface area contributed by atoms with Crippen molar-refractivity contribution in [2.75, 3.05) is 47.1 Å². The van der Waals surface area contributed by atoms with E-state index in [1.165, 1.54) is 61.7 Å². The molecular formula is C113H128ClFN12O15S2. The van der Waals surface area contributed by atoms with Crippen LogP contribution in [0.2, 0.25) is 5.02 Å². The first-order valence-corrected chi connectivity index (χ1v) is 52.2. The highest BCUT2D eigenvalue weighted by molar-refractivity contribution is 7.99. The van der Waals surface area contributed by atoms with Gasteiger partial charge in [0.1, 0.15) is 69.0 Å². The molecule has 6 atom stereocenters. The van der Waals surface area contributed by atoms with E-state index in [9.17, 15) is 41.6 Å². The number of hydrogen-bond donors (Lipinski definition) is 2. The number of para-hydroxylation sites is 4. The molecule has 2 aliphatic heterocycles. The number of ether oxygens (including phenoxy) is 6. The first-order valence-electron chi connectivity index (χ1n) is 49.1. The maximum Gasteiger partial charge on any atom is 0.347 e. The monoisotopic (exact) mass is 2010 g/mol. The van der Waals surface area contributed by atoms with Crippen LogP contribution in [0.1, 0.15) is 252 Å². The molecule has 1 aliphatic carbocycles. The number of nitrogens with zero attached hydrogens (tertiary/aromatic N) is 10. The Hall–Kier alpha value is -13.6. The van der Waals surface area contributed by atoms with Gasteiger partial charge in [0.2, 0.25) is 18.1 Å². The number of likely N-dealkylation sites (N-methyl/N-ethyl adjacent to an activating group) is 1. The van der Waals surface area contributed by atoms with Gasteiger partial charge in [0.15, 0.2) is 22.0 Å². The van der Waals surface area contributed by atoms with Gasteiger partial charge in [-0.3, -0.25) is 24.0 Å². The van der Waals surface area contributed by atoms with E-state index in [0.717, 1.165) is 100 Å². The van der Waals surface area contributed by atoms with Crippen LogP contribution >= 0.6 is 23.4 Å². The van der Waals surface area contributed by atoms with Gasteiger partial charge in [-0.2, -0.15) is 24.9 Å². The Labute approximate surface area is 851 Å². The van der Waals surface area contributed by atoms with Gasteiger partial charge in [-0.1, -0.05) is 217 Å². The second-order valence-electron chi connectivity index (χ2n) is 39.3. The van der Waals surface area contributed by atoms with Crippen molar-refractivity contribution in [3.05, 3.63) is 289 Å². The molecule has 31 heteroatoms. The molecule has 0 fully saturated rings. The molecule has 4 heterocycles. The number of hydrazone groups is 2. The Bertz CT molecular complexity index is 6960. The molecule has 2 N–H and O–H groups in total. The summed E-state index contributed by atoms with van der Waals surface area (Å²) in [6, 6.07) is 58.0. The number of rotatable bonds is 37. The molecule has 15 rings (SSSR count). The highest BCUT2D eigenvalue weighted by atomic mass is 35.5. The summed E-state index contributed by atoms with van der Waals surface area (Å²) in [4.78, 5) is 86.1. The van der Waals surface area contributed by atoms with E-state index in [0.29, 0.717) is 104 Å². The van der Waals surface area contributed by atoms with E-state index in [4.69, 9.17) is 54.6 Å². The van der Waals surface area contributed by atoms with Gasteiger partial charge in [-0.15, -0.1) is 15.3 Å². The molecule has 756 valence electrons. The number of carbonyl (C=O) groups excluding carboxylic acids is 6. The number of esters is 1. The van der Waals surface area contributed by atoms with Crippen molar-refractivity contribution in [3.8, 4) is 28.7 Å². The molecule has 144 heavy (non-hydrogen) atoms. The quantitative estimate of drug-likeness (QED) is 0.0342. The van der Waals surface area contributed by atoms with Crippen LogP contribution < -0.4 is 44.3 Å². The molecule has 5 amide bonds. The van der Waals surface area contributed by atoms with Crippen LogP contribution in [0.4, 0.5) is 31.9 Å². The number of fused-ring (bicyclic) bond motifs is 2. The fraction of sp³-hybridized carbons (Fsp3) is 0.381. The Morgan fingerprint density at radius 2 is 1.11 bits per heavy atom. The average Bonchev–Trinajstić information content (AvgIpc) is 1.59. The van der Waals surface area contributed by atoms with Crippen LogP contribution in [0.15, 0.2) is 225 Å². The largest absolute Gasteiger partial charge is 0.497 e. The normalized spacial score (nSPS) is 15.6. The lowest BCUT2D eigenvalue weighted by Gasteiger charge is -2.31. The third-order valence-electron chi connectivity index (χ3n) is 28.0. The smallest absolute Gasteiger partial charge is 0.347 e. The van der Waals surface area contributed by atoms with Crippen molar-refractivity contribution in [1.82, 2.24) is 30.1 Å². The summed E-state index contributed by atoms with van der Waals surface area (Å²) in [6.07, 6.45) is 2.92. The number of halogens is 2. The summed E-state index contributed by atoms with van der Waals surface area (Å²) in [5.74, 6) is -0.245. The van der Waals surface area contributed by atoms with E-state index < -0.39 is 75.9 Å². The summed E-state index contributed by atoms with van der Waals surface area (Å²) in [7, 11) is -2.35. The number of aryl methyl sites for hydroxylation is 4. The van der Waals surface area contributed by atoms with Crippen molar-refractivity contribution < 1.29 is 74.4 Å². The summed E-state index contributed by atoms with van der Waals surface area (Å²) in [6.45, 7) is 39.2. The Balaban J connectivity index is 0.000000228. The van der Waals surface area contributed by atoms with Crippen molar-refractivity contribution in [3.63, 3.8) is 0 Å². The fourth-order valence-corrected chi connectivity index (χ4v) is 19.3. The van der Waals surface area contributed by atoms with Gasteiger partial charge in [0, 0.05) is 45.3 Å². The van der Waals surface area contributed by atoms with Gasteiger partial charge in [-0.25, -0.2) is 17.6 Å². The van der Waals surface area contributed by atoms with Gasteiger partial charge in [0.25, 0.3) is 28.9 Å². The van der Waals surface area contributed by atoms with Gasteiger partial charge >= 0.3 is 12.0 Å². The second-order valence-corrected chi connectivity index (χ2v) is 42.9. The minimum Gasteiger partial charge on any atom is -0.497 e. The number of methoxy groups -OCH3 is 1. The van der Waals surface area contributed by atoms with Crippen LogP contribution in [0.25, 0.3) is 11.0 Å². The average molecular weight is 2010 g/mol. The topological polar surface area (TPSA) is 320 Å². The predicted molar refractivity (Wildman–Crippen MR) is 562 cm³/mol. The minimum absolute atomic E-state index is 0.0297. The number of aromatic nitrogens is 5. The zero-order chi connectivity index (χ0) is 104. The standard InChI is InChI=1S/C57H66ClN7O7.C56H62FN5O8S2/c1-13-48(72-49-28-23-39(56(9,10)14-2)32-43(49)57(11,12)15-3)53(67)59-44-19-17-18-20-46(44)64-54(68)52(51(61-64)38-21-24-40(58)25-22-38)71-41-26-27-42(36(7)29-41)37(8)70-50(66)33-63(16-4)55(69)65-47-31-35(6)34(5)30-45(47)60-62-65;1-10-44(68-45-29-24-37(55(4,5)11-2)32-41(45)56(6,7)12-3)52(63)58-42-17-13-14-18-43(42)62-53(64)51(50(61-62)35-22-25-38(57)26-23-35)69-46-31-36-16-15-19-47(40(36)33-48(46)72(9,65)66)71-54-60-59-49(70-54)30-34-20-27-39(67-8)28-21-34/h17-32,37,48,52H,13-16,33H2,1-12H3,(H,59,67);13-14,17-18,20-29,31-33,44,47,51H,10-12,15-16,19,30H2,1-9H3,(H,58,63). The molecule has 0 saturated carbocycles. The third kappa shape index (κ3) is 23.9. The number of benzene rings is 10. The first kappa shape index (κ1) is 106. The van der Waals surface area contributed by atoms with Crippen LogP contribution in [0.5, 0.6) is 28.7 Å². The van der Waals surface area contributed by atoms with Crippen LogP contribution in [-0.4, -0.2) is 136 Å². The van der Waals surface area contributed by atoms with Crippen LogP contribution in [0, 0.1) is 26.6 Å². The number of carbonyl (C=O) groups is 6. The highest BCUT2D eigenvalue weighted by Gasteiger charge is 2.45. The number of thioether (sulfide) groups is 1. The Morgan fingerprint density at radius 3 is 1.62 bits per heavy atom. The zero-order valence-corrected chi connectivity index (χ0v) is 88.1. The number of amides is 5. The molecule has 10 aromatic carbocycles. The Morgan fingerprint density at radius 1 is 0.590 bits per heavy atom. The second kappa shape index (κ2) is 44.7. The molecule has 6 unspecified atom stereocenters. The molecule has 0 bridgehead atoms. The highest BCUT2D eigenvalue weighted by Crippen LogP contribution is 2.49. The lowest BCUT2D eigenvalue weighted by atomic mass is 9.76. The third-order valence-corrected chi connectivity index (χ3v) is 30.5. The SMILES string of the molecule is CCC(Oc1ccc(C(C)(C)CC)cc1C(C)(C)CC)C(=O)Nc1ccccc1N1N=C(c2ccc(Cl)cc2)C(Oc2ccc(C(C)OC(=O)CN(CC)C(=O)n3nnc4cc(C)c(C)cc43)c(C)c2)C1=O.CCC(Oc1ccc(C(C)(C)CC)cc1C(C)(C)CC)C(=O)Nc1ccccc1N1N=C(c2ccc(F)cc2)C(Oc2cc3c(cc2S(C)(=O)=O)C(Sc2nnc(Cc4ccc(OC)cc4)o2)CCC3)C1=O. The van der Waals surface area contributed by atoms with E-state index in [1.807, 2.05) is 83.1 Å². The van der Waals surface area contributed by atoms with Crippen molar-refractivity contribution in [1.29, 1.82) is 0 Å². The van der Waals surface area contributed by atoms with Crippen molar-refractivity contribution in [2.45, 2.75) is 263 Å². The lowest BCUT2D eigenvalue weighted by Crippen LogP contribution is -2.39. The van der Waals surface area contributed by atoms with Gasteiger partial charge in [-0.05, 0) is 273 Å². The number of hydrogen-bond acceptors (Lipinski definition) is 22. The van der Waals surface area contributed by atoms with Crippen molar-refractivity contribution >= 4 is 114 Å². The van der Waals surface area contributed by atoms with E-state index in [-0.39, 0.29) is 73.6 Å². The zero-order valence-electron chi connectivity index (χ0n) is 85.7.